The van der Waals surface area contributed by atoms with Crippen LogP contribution in [-0.4, -0.2) is 23.8 Å². The van der Waals surface area contributed by atoms with E-state index in [4.69, 9.17) is 9.47 Å². The van der Waals surface area contributed by atoms with Crippen molar-refractivity contribution in [1.29, 1.82) is 0 Å². The molecule has 4 aliphatic rings. The first-order chi connectivity index (χ1) is 13.6. The van der Waals surface area contributed by atoms with Crippen LogP contribution in [0.3, 0.4) is 0 Å². The first-order valence-corrected chi connectivity index (χ1v) is 11.0. The lowest BCUT2D eigenvalue weighted by atomic mass is 9.43. The Kier molecular flexibility index (Phi) is 4.75. The van der Waals surface area contributed by atoms with Crippen LogP contribution in [0, 0.1) is 17.3 Å². The van der Waals surface area contributed by atoms with Crippen molar-refractivity contribution >= 4 is 5.97 Å². The molecule has 0 radical (unpaired) electrons. The Morgan fingerprint density at radius 2 is 2.10 bits per heavy atom. The van der Waals surface area contributed by atoms with Gasteiger partial charge in [0.2, 0.25) is 0 Å². The van der Waals surface area contributed by atoms with E-state index in [0.717, 1.165) is 42.6 Å². The van der Waals surface area contributed by atoms with Gasteiger partial charge in [-0.15, -0.1) is 0 Å². The van der Waals surface area contributed by atoms with Crippen LogP contribution in [-0.2, 0) is 10.2 Å². The summed E-state index contributed by atoms with van der Waals surface area (Å²) in [4.78, 5) is 11.2. The number of carbonyl (C=O) groups is 1. The van der Waals surface area contributed by atoms with Crippen molar-refractivity contribution in [2.45, 2.75) is 77.7 Å². The molecular formula is C25H34O4. The number of hydrogen-bond donors (Lipinski definition) is 1. The van der Waals surface area contributed by atoms with Crippen LogP contribution in [0.4, 0.5) is 0 Å². The number of hydrogen-bond acceptors (Lipinski definition) is 3. The summed E-state index contributed by atoms with van der Waals surface area (Å²) in [6, 6.07) is 4.25. The number of carboxylic acid groups (broad SMARTS) is 1. The molecule has 158 valence electrons. The maximum absolute atomic E-state index is 11.2. The number of unbranched alkanes of at least 4 members (excludes halogenated alkanes) is 1. The smallest absolute Gasteiger partial charge is 0.341 e. The Balaban J connectivity index is 1.78. The molecule has 1 aliphatic heterocycles. The zero-order valence-electron chi connectivity index (χ0n) is 18.4. The highest BCUT2D eigenvalue weighted by molar-refractivity contribution is 5.69. The fourth-order valence-electron chi connectivity index (χ4n) is 5.92. The average molecular weight is 399 g/mol. The van der Waals surface area contributed by atoms with Gasteiger partial charge < -0.3 is 14.6 Å². The average Bonchev–Trinajstić information content (AvgIpc) is 3.04. The van der Waals surface area contributed by atoms with Crippen LogP contribution in [0.1, 0.15) is 77.3 Å². The third-order valence-corrected chi connectivity index (χ3v) is 7.90. The number of rotatable bonds is 7. The summed E-state index contributed by atoms with van der Waals surface area (Å²) in [5, 5.41) is 9.22. The molecule has 2 bridgehead atoms. The fraction of sp³-hybridized carbons (Fsp3) is 0.640. The Morgan fingerprint density at radius 1 is 1.38 bits per heavy atom. The van der Waals surface area contributed by atoms with Crippen molar-refractivity contribution in [3.63, 3.8) is 0 Å². The van der Waals surface area contributed by atoms with Gasteiger partial charge in [0.05, 0.1) is 0 Å². The third-order valence-electron chi connectivity index (χ3n) is 7.90. The van der Waals surface area contributed by atoms with Crippen LogP contribution >= 0.6 is 0 Å². The Morgan fingerprint density at radius 3 is 2.72 bits per heavy atom. The van der Waals surface area contributed by atoms with E-state index in [-0.39, 0.29) is 29.5 Å². The standard InChI is InChI=1S/C25H34O4/c1-7-8-9-24(3,4)15-10-18(28-13-20(26)27)22-19(11-15)29-23-14(2)16-12-17(21(22)23)25(16,5)6/h10-11,16-17,21,23H,2,7-9,12-13H2,1,3-6H3,(H,26,27)/t16-,17+,21-,23-/m0/s1. The maximum Gasteiger partial charge on any atom is 0.341 e. The number of carboxylic acids is 1. The van der Waals surface area contributed by atoms with E-state index in [9.17, 15) is 9.90 Å². The molecule has 0 unspecified atom stereocenters. The van der Waals surface area contributed by atoms with Gasteiger partial charge in [0.15, 0.2) is 6.61 Å². The second-order valence-electron chi connectivity index (χ2n) is 10.4. The molecule has 0 spiro atoms. The van der Waals surface area contributed by atoms with E-state index >= 15 is 0 Å². The predicted molar refractivity (Wildman–Crippen MR) is 114 cm³/mol. The molecule has 29 heavy (non-hydrogen) atoms. The topological polar surface area (TPSA) is 55.8 Å². The molecule has 0 amide bonds. The molecule has 1 heterocycles. The lowest BCUT2D eigenvalue weighted by molar-refractivity contribution is -0.139. The summed E-state index contributed by atoms with van der Waals surface area (Å²) in [6.07, 6.45) is 4.49. The largest absolute Gasteiger partial charge is 0.485 e. The van der Waals surface area contributed by atoms with E-state index in [0.29, 0.717) is 17.6 Å². The summed E-state index contributed by atoms with van der Waals surface area (Å²) < 4.78 is 12.3. The van der Waals surface area contributed by atoms with Crippen LogP contribution in [0.2, 0.25) is 0 Å². The van der Waals surface area contributed by atoms with Gasteiger partial charge in [-0.1, -0.05) is 54.0 Å². The van der Waals surface area contributed by atoms with Crippen molar-refractivity contribution in [2.24, 2.45) is 17.3 Å². The minimum absolute atomic E-state index is 0.0112. The summed E-state index contributed by atoms with van der Waals surface area (Å²) in [7, 11) is 0. The highest BCUT2D eigenvalue weighted by atomic mass is 16.5. The van der Waals surface area contributed by atoms with Gasteiger partial charge >= 0.3 is 5.97 Å². The van der Waals surface area contributed by atoms with E-state index in [2.05, 4.69) is 53.3 Å². The minimum atomic E-state index is -0.957. The molecule has 4 atom stereocenters. The van der Waals surface area contributed by atoms with E-state index in [1.54, 1.807) is 0 Å². The van der Waals surface area contributed by atoms with Crippen LogP contribution in [0.5, 0.6) is 11.5 Å². The van der Waals surface area contributed by atoms with Gasteiger partial charge in [-0.25, -0.2) is 4.79 Å². The summed E-state index contributed by atoms with van der Waals surface area (Å²) in [5.41, 5.74) is 3.58. The molecule has 0 aromatic heterocycles. The van der Waals surface area contributed by atoms with Crippen molar-refractivity contribution in [3.05, 3.63) is 35.4 Å². The van der Waals surface area contributed by atoms with Gasteiger partial charge in [-0.05, 0) is 58.8 Å². The predicted octanol–water partition coefficient (Wildman–Crippen LogP) is 5.69. The van der Waals surface area contributed by atoms with Crippen molar-refractivity contribution in [3.8, 4) is 11.5 Å². The highest BCUT2D eigenvalue weighted by Gasteiger charge is 2.63. The monoisotopic (exact) mass is 398 g/mol. The van der Waals surface area contributed by atoms with Crippen molar-refractivity contribution in [1.82, 2.24) is 0 Å². The number of benzene rings is 1. The molecule has 3 fully saturated rings. The maximum atomic E-state index is 11.2. The zero-order valence-corrected chi connectivity index (χ0v) is 18.4. The van der Waals surface area contributed by atoms with Crippen molar-refractivity contribution in [2.75, 3.05) is 6.61 Å². The molecule has 5 rings (SSSR count). The van der Waals surface area contributed by atoms with Gasteiger partial charge in [-0.2, -0.15) is 0 Å². The van der Waals surface area contributed by atoms with Gasteiger partial charge in [-0.3, -0.25) is 0 Å². The van der Waals surface area contributed by atoms with E-state index in [1.807, 2.05) is 0 Å². The molecule has 3 aliphatic carbocycles. The number of ether oxygens (including phenoxy) is 2. The molecule has 4 heteroatoms. The van der Waals surface area contributed by atoms with Gasteiger partial charge in [0.1, 0.15) is 17.6 Å². The molecule has 1 aromatic carbocycles. The molecule has 1 aromatic rings. The molecule has 4 nitrogen and oxygen atoms in total. The van der Waals surface area contributed by atoms with Crippen LogP contribution in [0.15, 0.2) is 24.3 Å². The Hall–Kier alpha value is -1.97. The summed E-state index contributed by atoms with van der Waals surface area (Å²) >= 11 is 0. The Bertz CT molecular complexity index is 851. The molecule has 1 N–H and O–H groups in total. The molecule has 0 saturated heterocycles. The lowest BCUT2D eigenvalue weighted by Gasteiger charge is -2.61. The normalized spacial score (nSPS) is 28.8. The summed E-state index contributed by atoms with van der Waals surface area (Å²) in [6.45, 7) is 15.4. The molecule has 3 saturated carbocycles. The van der Waals surface area contributed by atoms with Gasteiger partial charge in [0, 0.05) is 11.5 Å². The zero-order chi connectivity index (χ0) is 21.1. The fourth-order valence-corrected chi connectivity index (χ4v) is 5.92. The highest BCUT2D eigenvalue weighted by Crippen LogP contribution is 2.69. The second-order valence-corrected chi connectivity index (χ2v) is 10.4. The third kappa shape index (κ3) is 3.06. The quantitative estimate of drug-likeness (QED) is 0.599. The van der Waals surface area contributed by atoms with Crippen molar-refractivity contribution < 1.29 is 19.4 Å². The Labute approximate surface area is 174 Å². The summed E-state index contributed by atoms with van der Waals surface area (Å²) in [5.74, 6) is 1.82. The first-order valence-electron chi connectivity index (χ1n) is 11.0. The van der Waals surface area contributed by atoms with Gasteiger partial charge in [0.25, 0.3) is 0 Å². The van der Waals surface area contributed by atoms with Crippen LogP contribution in [0.25, 0.3) is 0 Å². The van der Waals surface area contributed by atoms with Crippen LogP contribution < -0.4 is 9.47 Å². The lowest BCUT2D eigenvalue weighted by Crippen LogP contribution is -2.57. The van der Waals surface area contributed by atoms with E-state index < -0.39 is 5.97 Å². The second kappa shape index (κ2) is 6.78. The molecular weight excluding hydrogens is 364 g/mol. The first kappa shape index (κ1) is 20.3. The number of fused-ring (bicyclic) bond motifs is 1. The SMILES string of the molecule is C=C1[C@@H]2Oc3cc(C(C)(C)CCCC)cc(OCC(=O)O)c3[C@@H]2[C@H]2C[C@@H]1C2(C)C. The minimum Gasteiger partial charge on any atom is -0.485 e. The number of aliphatic carboxylic acids is 1. The van der Waals surface area contributed by atoms with E-state index in [1.165, 1.54) is 5.57 Å².